The van der Waals surface area contributed by atoms with Crippen LogP contribution in [0.5, 0.6) is 0 Å². The van der Waals surface area contributed by atoms with E-state index in [1.165, 1.54) is 10.9 Å². The van der Waals surface area contributed by atoms with Crippen LogP contribution in [-0.2, 0) is 23.4 Å². The van der Waals surface area contributed by atoms with Gasteiger partial charge in [-0.1, -0.05) is 6.07 Å². The molecule has 188 valence electrons. The van der Waals surface area contributed by atoms with Gasteiger partial charge in [0.2, 0.25) is 0 Å². The molecule has 2 aliphatic rings. The highest BCUT2D eigenvalue weighted by molar-refractivity contribution is 7.91. The summed E-state index contributed by atoms with van der Waals surface area (Å²) in [6.45, 7) is 0.652. The van der Waals surface area contributed by atoms with Gasteiger partial charge in [-0.3, -0.25) is 14.5 Å². The fourth-order valence-electron chi connectivity index (χ4n) is 5.10. The quantitative estimate of drug-likeness (QED) is 0.341. The molecule has 0 bridgehead atoms. The van der Waals surface area contributed by atoms with Crippen LogP contribution < -0.4 is 5.56 Å². The summed E-state index contributed by atoms with van der Waals surface area (Å²) in [6, 6.07) is 9.39. The first-order valence-corrected chi connectivity index (χ1v) is 14.4. The second-order valence-corrected chi connectivity index (χ2v) is 12.4. The van der Waals surface area contributed by atoms with E-state index in [1.54, 1.807) is 23.1 Å². The minimum absolute atomic E-state index is 0.128. The maximum absolute atomic E-state index is 14.2. The van der Waals surface area contributed by atoms with Crippen LogP contribution in [0.2, 0.25) is 0 Å². The van der Waals surface area contributed by atoms with Gasteiger partial charge in [-0.25, -0.2) is 8.42 Å². The molecule has 37 heavy (non-hydrogen) atoms. The molecule has 0 atom stereocenters. The van der Waals surface area contributed by atoms with E-state index in [4.69, 9.17) is 0 Å². The van der Waals surface area contributed by atoms with Crippen LogP contribution in [0.15, 0.2) is 58.6 Å². The molecule has 0 aliphatic heterocycles. The van der Waals surface area contributed by atoms with Crippen LogP contribution in [0.25, 0.3) is 38.8 Å². The number of benzene rings is 1. The molecule has 0 saturated heterocycles. The maximum atomic E-state index is 14.2. The fourth-order valence-corrected chi connectivity index (χ4v) is 5.91. The van der Waals surface area contributed by atoms with Gasteiger partial charge >= 0.3 is 0 Å². The van der Waals surface area contributed by atoms with E-state index >= 15 is 0 Å². The lowest BCUT2D eigenvalue weighted by Crippen LogP contribution is -2.24. The van der Waals surface area contributed by atoms with Crippen molar-refractivity contribution in [1.29, 1.82) is 0 Å². The minimum Gasteiger partial charge on any atom is -0.344 e. The van der Waals surface area contributed by atoms with Gasteiger partial charge in [0.1, 0.15) is 10.4 Å². The number of aryl methyl sites for hydroxylation is 1. The first-order valence-electron chi connectivity index (χ1n) is 12.5. The van der Waals surface area contributed by atoms with Gasteiger partial charge in [0.05, 0.1) is 22.3 Å². The maximum Gasteiger partial charge on any atom is 0.281 e. The van der Waals surface area contributed by atoms with Gasteiger partial charge in [0.25, 0.3) is 5.56 Å². The molecule has 4 aromatic heterocycles. The third-order valence-corrected chi connectivity index (χ3v) is 8.43. The Labute approximate surface area is 213 Å². The van der Waals surface area contributed by atoms with E-state index in [2.05, 4.69) is 15.2 Å². The SMILES string of the molecule is Cn1cc2cc(-n3nc4c(S(C)(=O)=O)cn(CC5CC5)c4c(-c4ccc(C5CC5)nc4)c3=O)ccc2n1. The smallest absolute Gasteiger partial charge is 0.281 e. The molecular weight excluding hydrogens is 488 g/mol. The van der Waals surface area contributed by atoms with Crippen molar-refractivity contribution in [3.05, 3.63) is 65.0 Å². The highest BCUT2D eigenvalue weighted by Crippen LogP contribution is 2.40. The van der Waals surface area contributed by atoms with E-state index in [0.717, 1.165) is 42.3 Å². The molecule has 5 aromatic rings. The average molecular weight is 515 g/mol. The fraction of sp³-hybridized carbons (Fsp3) is 0.333. The molecule has 2 fully saturated rings. The number of nitrogens with zero attached hydrogens (tertiary/aromatic N) is 6. The summed E-state index contributed by atoms with van der Waals surface area (Å²) in [5.74, 6) is 0.964. The van der Waals surface area contributed by atoms with Crippen molar-refractivity contribution in [3.8, 4) is 16.8 Å². The molecule has 0 N–H and O–H groups in total. The molecule has 10 heteroatoms. The Balaban J connectivity index is 1.54. The van der Waals surface area contributed by atoms with Gasteiger partial charge < -0.3 is 4.57 Å². The zero-order valence-electron chi connectivity index (χ0n) is 20.6. The third kappa shape index (κ3) is 3.87. The van der Waals surface area contributed by atoms with Crippen molar-refractivity contribution in [1.82, 2.24) is 29.1 Å². The van der Waals surface area contributed by atoms with Crippen LogP contribution >= 0.6 is 0 Å². The van der Waals surface area contributed by atoms with Crippen LogP contribution in [0, 0.1) is 5.92 Å². The molecule has 7 rings (SSSR count). The van der Waals surface area contributed by atoms with Gasteiger partial charge in [-0.2, -0.15) is 14.9 Å². The van der Waals surface area contributed by atoms with Crippen LogP contribution in [0.4, 0.5) is 0 Å². The van der Waals surface area contributed by atoms with Crippen molar-refractivity contribution < 1.29 is 8.42 Å². The number of sulfone groups is 1. The summed E-state index contributed by atoms with van der Waals surface area (Å²) in [5.41, 5.74) is 3.99. The van der Waals surface area contributed by atoms with Crippen molar-refractivity contribution in [2.45, 2.75) is 43.0 Å². The highest BCUT2D eigenvalue weighted by atomic mass is 32.2. The van der Waals surface area contributed by atoms with E-state index in [0.29, 0.717) is 46.2 Å². The lowest BCUT2D eigenvalue weighted by Gasteiger charge is -2.13. The molecule has 2 saturated carbocycles. The molecule has 0 spiro atoms. The Morgan fingerprint density at radius 2 is 1.84 bits per heavy atom. The summed E-state index contributed by atoms with van der Waals surface area (Å²) >= 11 is 0. The molecule has 2 aliphatic carbocycles. The third-order valence-electron chi connectivity index (χ3n) is 7.33. The van der Waals surface area contributed by atoms with Gasteiger partial charge in [-0.05, 0) is 55.9 Å². The van der Waals surface area contributed by atoms with Crippen LogP contribution in [0.3, 0.4) is 0 Å². The molecule has 4 heterocycles. The van der Waals surface area contributed by atoms with Crippen LogP contribution in [-0.4, -0.2) is 43.8 Å². The Morgan fingerprint density at radius 1 is 1.03 bits per heavy atom. The first kappa shape index (κ1) is 22.4. The molecular formula is C27H26N6O3S. The molecule has 9 nitrogen and oxygen atoms in total. The number of rotatable bonds is 6. The van der Waals surface area contributed by atoms with E-state index in [9.17, 15) is 13.2 Å². The molecule has 0 unspecified atom stereocenters. The highest BCUT2D eigenvalue weighted by Gasteiger charge is 2.30. The van der Waals surface area contributed by atoms with Gasteiger partial charge in [0.15, 0.2) is 9.84 Å². The number of hydrogen-bond donors (Lipinski definition) is 0. The predicted molar refractivity (Wildman–Crippen MR) is 141 cm³/mol. The van der Waals surface area contributed by atoms with E-state index < -0.39 is 9.84 Å². The number of hydrogen-bond acceptors (Lipinski definition) is 6. The van der Waals surface area contributed by atoms with Gasteiger partial charge in [0, 0.05) is 61.0 Å². The summed E-state index contributed by atoms with van der Waals surface area (Å²) in [5, 5.41) is 9.95. The second-order valence-electron chi connectivity index (χ2n) is 10.4. The van der Waals surface area contributed by atoms with Crippen molar-refractivity contribution in [2.75, 3.05) is 6.26 Å². The lowest BCUT2D eigenvalue weighted by atomic mass is 10.1. The number of fused-ring (bicyclic) bond motifs is 2. The summed E-state index contributed by atoms with van der Waals surface area (Å²) < 4.78 is 30.7. The van der Waals surface area contributed by atoms with E-state index in [1.807, 2.05) is 42.1 Å². The average Bonchev–Trinajstić information content (AvgIpc) is 3.78. The predicted octanol–water partition coefficient (Wildman–Crippen LogP) is 3.83. The van der Waals surface area contributed by atoms with Crippen molar-refractivity contribution in [2.24, 2.45) is 13.0 Å². The second kappa shape index (κ2) is 7.85. The largest absolute Gasteiger partial charge is 0.344 e. The summed E-state index contributed by atoms with van der Waals surface area (Å²) in [4.78, 5) is 18.9. The van der Waals surface area contributed by atoms with Gasteiger partial charge in [-0.15, -0.1) is 0 Å². The number of pyridine rings is 1. The summed E-state index contributed by atoms with van der Waals surface area (Å²) in [6.07, 6.45) is 10.9. The van der Waals surface area contributed by atoms with Crippen molar-refractivity contribution in [3.63, 3.8) is 0 Å². The Kier molecular flexibility index (Phi) is 4.76. The van der Waals surface area contributed by atoms with Crippen molar-refractivity contribution >= 4 is 31.8 Å². The van der Waals surface area contributed by atoms with E-state index in [-0.39, 0.29) is 10.5 Å². The molecule has 0 radical (unpaired) electrons. The zero-order chi connectivity index (χ0) is 25.5. The topological polar surface area (TPSA) is 105 Å². The number of aromatic nitrogens is 6. The minimum atomic E-state index is -3.60. The Morgan fingerprint density at radius 3 is 2.51 bits per heavy atom. The standard InChI is InChI=1S/C27H26N6O3S/c1-31-14-19-11-20(8-10-22(19)29-31)33-27(34)24(18-7-9-21(28-12-18)17-5-6-17)26-25(30-33)23(37(2,35)36)15-32(26)13-16-3-4-16/h7-12,14-17H,3-6,13H2,1-2H3. The molecule has 1 aromatic carbocycles. The monoisotopic (exact) mass is 514 g/mol. The van der Waals surface area contributed by atoms with Crippen LogP contribution in [0.1, 0.15) is 37.3 Å². The first-order chi connectivity index (χ1) is 17.8. The summed E-state index contributed by atoms with van der Waals surface area (Å²) in [7, 11) is -1.76. The Bertz CT molecular complexity index is 1870. The Hall–Kier alpha value is -3.79. The zero-order valence-corrected chi connectivity index (χ0v) is 21.4. The lowest BCUT2D eigenvalue weighted by molar-refractivity contribution is 0.600. The molecule has 0 amide bonds. The normalized spacial score (nSPS) is 16.2.